The lowest BCUT2D eigenvalue weighted by atomic mass is 10.00. The third-order valence-corrected chi connectivity index (χ3v) is 9.09. The quantitative estimate of drug-likeness (QED) is 0.0801. The van der Waals surface area contributed by atoms with Gasteiger partial charge in [0.15, 0.2) is 0 Å². The molecule has 2 heterocycles. The van der Waals surface area contributed by atoms with Crippen molar-refractivity contribution in [3.8, 4) is 5.75 Å². The van der Waals surface area contributed by atoms with Gasteiger partial charge in [-0.1, -0.05) is 78.9 Å². The minimum absolute atomic E-state index is 0.0104. The van der Waals surface area contributed by atoms with Gasteiger partial charge in [-0.25, -0.2) is 4.79 Å². The van der Waals surface area contributed by atoms with E-state index in [1.165, 1.54) is 12.1 Å². The van der Waals surface area contributed by atoms with Crippen molar-refractivity contribution in [1.82, 2.24) is 25.9 Å². The molecule has 52 heavy (non-hydrogen) atoms. The molecule has 3 amide bonds. The van der Waals surface area contributed by atoms with Gasteiger partial charge in [-0.15, -0.1) is 0 Å². The van der Waals surface area contributed by atoms with Crippen LogP contribution >= 0.6 is 0 Å². The molecule has 0 aliphatic rings. The average Bonchev–Trinajstić information content (AvgIpc) is 3.75. The van der Waals surface area contributed by atoms with Gasteiger partial charge in [0.25, 0.3) is 0 Å². The van der Waals surface area contributed by atoms with Crippen LogP contribution in [0, 0.1) is 0 Å². The topological polar surface area (TPSA) is 202 Å². The SMILES string of the molecule is NC(Cc1ccccc1)C(=O)NC(Cc1c[nH]c2ccccc12)C(=O)NC(Cc1ccc(O)cc1)C(=O)NC(Cc1c[nH]c2ccccc12)C(=O)O. The van der Waals surface area contributed by atoms with Gasteiger partial charge in [-0.2, -0.15) is 0 Å². The summed E-state index contributed by atoms with van der Waals surface area (Å²) in [6, 6.07) is 25.7. The summed E-state index contributed by atoms with van der Waals surface area (Å²) in [7, 11) is 0. The number of nitrogens with two attached hydrogens (primary N) is 1. The second kappa shape index (κ2) is 16.1. The number of para-hydroxylation sites is 2. The maximum absolute atomic E-state index is 14.2. The molecule has 12 nitrogen and oxygen atoms in total. The number of carboxylic acids is 1. The van der Waals surface area contributed by atoms with Crippen LogP contribution in [0.15, 0.2) is 116 Å². The standard InChI is InChI=1S/C40H40N6O6/c41-31(18-24-8-2-1-3-9-24)37(48)44-35(20-26-22-42-32-12-6-4-10-29(26)32)39(50)45-34(19-25-14-16-28(47)17-15-25)38(49)46-36(40(51)52)21-27-23-43-33-13-7-5-11-30(27)33/h1-17,22-23,31,34-36,42-43,47H,18-21,41H2,(H,44,48)(H,45,50)(H,46,49)(H,51,52). The van der Waals surface area contributed by atoms with Crippen LogP contribution in [0.2, 0.25) is 0 Å². The first-order valence-electron chi connectivity index (χ1n) is 17.0. The number of aromatic hydroxyl groups is 1. The highest BCUT2D eigenvalue weighted by atomic mass is 16.4. The normalized spacial score (nSPS) is 13.6. The summed E-state index contributed by atoms with van der Waals surface area (Å²) >= 11 is 0. The predicted molar refractivity (Wildman–Crippen MR) is 197 cm³/mol. The summed E-state index contributed by atoms with van der Waals surface area (Å²) < 4.78 is 0. The molecule has 0 bridgehead atoms. The molecule has 6 rings (SSSR count). The number of phenols is 1. The Kier molecular flexibility index (Phi) is 11.0. The number of carboxylic acid groups (broad SMARTS) is 1. The Morgan fingerprint density at radius 1 is 0.558 bits per heavy atom. The fraction of sp³-hybridized carbons (Fsp3) is 0.200. The van der Waals surface area contributed by atoms with E-state index in [-0.39, 0.29) is 31.4 Å². The molecule has 6 aromatic rings. The Morgan fingerprint density at radius 2 is 1.02 bits per heavy atom. The summed E-state index contributed by atoms with van der Waals surface area (Å²) in [5.41, 5.74) is 10.9. The van der Waals surface area contributed by atoms with Crippen molar-refractivity contribution in [2.24, 2.45) is 5.73 Å². The molecule has 0 fully saturated rings. The fourth-order valence-electron chi connectivity index (χ4n) is 6.31. The zero-order valence-electron chi connectivity index (χ0n) is 28.2. The Balaban J connectivity index is 1.25. The number of nitrogens with one attached hydrogen (secondary N) is 5. The van der Waals surface area contributed by atoms with Crippen LogP contribution in [-0.2, 0) is 44.9 Å². The second-order valence-electron chi connectivity index (χ2n) is 12.8. The van der Waals surface area contributed by atoms with Crippen LogP contribution in [0.25, 0.3) is 21.8 Å². The Bertz CT molecular complexity index is 2180. The third kappa shape index (κ3) is 8.66. The Labute approximate surface area is 299 Å². The summed E-state index contributed by atoms with van der Waals surface area (Å²) in [4.78, 5) is 60.4. The number of phenolic OH excluding ortho intramolecular Hbond substituents is 1. The van der Waals surface area contributed by atoms with Crippen LogP contribution in [0.3, 0.4) is 0 Å². The van der Waals surface area contributed by atoms with E-state index in [2.05, 4.69) is 25.9 Å². The van der Waals surface area contributed by atoms with Crippen molar-refractivity contribution in [2.45, 2.75) is 49.9 Å². The van der Waals surface area contributed by atoms with Gasteiger partial charge in [0.2, 0.25) is 17.7 Å². The molecule has 0 spiro atoms. The van der Waals surface area contributed by atoms with Gasteiger partial charge >= 0.3 is 5.97 Å². The first kappa shape index (κ1) is 35.4. The molecule has 4 unspecified atom stereocenters. The molecule has 12 heteroatoms. The molecule has 0 saturated heterocycles. The minimum Gasteiger partial charge on any atom is -0.508 e. The lowest BCUT2D eigenvalue weighted by Crippen LogP contribution is -2.58. The largest absolute Gasteiger partial charge is 0.508 e. The van der Waals surface area contributed by atoms with E-state index in [4.69, 9.17) is 5.73 Å². The van der Waals surface area contributed by atoms with Crippen LogP contribution in [0.4, 0.5) is 0 Å². The number of hydrogen-bond acceptors (Lipinski definition) is 6. The third-order valence-electron chi connectivity index (χ3n) is 9.09. The molecule has 4 aromatic carbocycles. The van der Waals surface area contributed by atoms with Crippen molar-refractivity contribution in [3.05, 3.63) is 138 Å². The maximum atomic E-state index is 14.2. The van der Waals surface area contributed by atoms with Crippen molar-refractivity contribution in [1.29, 1.82) is 0 Å². The van der Waals surface area contributed by atoms with Crippen LogP contribution in [0.5, 0.6) is 5.75 Å². The maximum Gasteiger partial charge on any atom is 0.326 e. The Morgan fingerprint density at radius 3 is 1.60 bits per heavy atom. The molecule has 0 saturated carbocycles. The number of carbonyl (C=O) groups is 4. The van der Waals surface area contributed by atoms with Crippen molar-refractivity contribution in [2.75, 3.05) is 0 Å². The highest BCUT2D eigenvalue weighted by Crippen LogP contribution is 2.21. The number of aromatic nitrogens is 2. The lowest BCUT2D eigenvalue weighted by Gasteiger charge is -2.25. The van der Waals surface area contributed by atoms with E-state index in [0.717, 1.165) is 32.9 Å². The van der Waals surface area contributed by atoms with Gasteiger partial charge in [-0.3, -0.25) is 14.4 Å². The van der Waals surface area contributed by atoms with E-state index in [1.54, 1.807) is 24.5 Å². The smallest absolute Gasteiger partial charge is 0.326 e. The van der Waals surface area contributed by atoms with Gasteiger partial charge < -0.3 is 41.9 Å². The fourth-order valence-corrected chi connectivity index (χ4v) is 6.31. The zero-order valence-corrected chi connectivity index (χ0v) is 28.2. The van der Waals surface area contributed by atoms with Gasteiger partial charge in [0.05, 0.1) is 6.04 Å². The monoisotopic (exact) mass is 700 g/mol. The summed E-state index contributed by atoms with van der Waals surface area (Å²) in [6.07, 6.45) is 3.76. The van der Waals surface area contributed by atoms with Crippen molar-refractivity contribution < 1.29 is 29.4 Å². The number of rotatable bonds is 15. The zero-order chi connectivity index (χ0) is 36.6. The molecular formula is C40H40N6O6. The number of benzene rings is 4. The van der Waals surface area contributed by atoms with Gasteiger partial charge in [-0.05, 0) is 52.9 Å². The first-order chi connectivity index (χ1) is 25.1. The summed E-state index contributed by atoms with van der Waals surface area (Å²) in [5.74, 6) is -3.16. The molecular weight excluding hydrogens is 660 g/mol. The predicted octanol–water partition coefficient (Wildman–Crippen LogP) is 3.49. The van der Waals surface area contributed by atoms with E-state index < -0.39 is 47.9 Å². The average molecular weight is 701 g/mol. The van der Waals surface area contributed by atoms with Crippen molar-refractivity contribution in [3.63, 3.8) is 0 Å². The molecule has 0 aliphatic heterocycles. The van der Waals surface area contributed by atoms with Crippen LogP contribution < -0.4 is 21.7 Å². The molecule has 0 radical (unpaired) electrons. The highest BCUT2D eigenvalue weighted by molar-refractivity contribution is 5.95. The van der Waals surface area contributed by atoms with E-state index in [1.807, 2.05) is 78.9 Å². The van der Waals surface area contributed by atoms with Gasteiger partial charge in [0, 0.05) is 53.5 Å². The second-order valence-corrected chi connectivity index (χ2v) is 12.8. The molecule has 0 aliphatic carbocycles. The summed E-state index contributed by atoms with van der Waals surface area (Å²) in [6.45, 7) is 0. The van der Waals surface area contributed by atoms with Crippen molar-refractivity contribution >= 4 is 45.5 Å². The summed E-state index contributed by atoms with van der Waals surface area (Å²) in [5, 5.41) is 29.9. The molecule has 9 N–H and O–H groups in total. The highest BCUT2D eigenvalue weighted by Gasteiger charge is 2.31. The molecule has 266 valence electrons. The Hall–Kier alpha value is -6.40. The van der Waals surface area contributed by atoms with E-state index >= 15 is 0 Å². The molecule has 2 aromatic heterocycles. The van der Waals surface area contributed by atoms with Gasteiger partial charge in [0.1, 0.15) is 23.9 Å². The van der Waals surface area contributed by atoms with E-state index in [9.17, 15) is 29.4 Å². The van der Waals surface area contributed by atoms with Crippen LogP contribution in [0.1, 0.15) is 22.3 Å². The van der Waals surface area contributed by atoms with E-state index in [0.29, 0.717) is 11.1 Å². The lowest BCUT2D eigenvalue weighted by molar-refractivity contribution is -0.142. The number of hydrogen-bond donors (Lipinski definition) is 8. The number of amides is 3. The molecule has 4 atom stereocenters. The number of fused-ring (bicyclic) bond motifs is 2. The number of H-pyrrole nitrogens is 2. The van der Waals surface area contributed by atoms with Crippen LogP contribution in [-0.4, -0.2) is 68.0 Å². The number of aliphatic carboxylic acids is 1. The number of carbonyl (C=O) groups excluding carboxylic acids is 3. The minimum atomic E-state index is -1.32. The number of aromatic amines is 2. The first-order valence-corrected chi connectivity index (χ1v) is 17.0.